The molecule has 32 heavy (non-hydrogen) atoms. The molecule has 2 aromatic carbocycles. The highest BCUT2D eigenvalue weighted by Crippen LogP contribution is 2.21. The van der Waals surface area contributed by atoms with Crippen LogP contribution in [0, 0.1) is 0 Å². The van der Waals surface area contributed by atoms with E-state index in [-0.39, 0.29) is 0 Å². The summed E-state index contributed by atoms with van der Waals surface area (Å²) < 4.78 is 0. The SMILES string of the molecule is CC1CNCCN1Cc1cccc(-c2ccnc(NCCc3ccc4[nH]ccc4c3)n2)c1. The standard InChI is InChI=1S/C26H30N6/c1-19-17-27-13-14-32(19)18-21-3-2-4-22(16-21)25-9-12-30-26(31-25)29-10-7-20-5-6-24-23(15-20)8-11-28-24/h2-6,8-9,11-12,15-16,19,27-28H,7,10,13-14,17-18H2,1H3,(H,29,30,31). The molecule has 1 saturated heterocycles. The van der Waals surface area contributed by atoms with Gasteiger partial charge in [0.1, 0.15) is 0 Å². The zero-order valence-electron chi connectivity index (χ0n) is 18.5. The molecule has 6 nitrogen and oxygen atoms in total. The number of aromatic amines is 1. The van der Waals surface area contributed by atoms with E-state index in [0.717, 1.165) is 50.4 Å². The van der Waals surface area contributed by atoms with Crippen molar-refractivity contribution in [1.82, 2.24) is 25.2 Å². The fraction of sp³-hybridized carbons (Fsp3) is 0.308. The molecule has 0 radical (unpaired) electrons. The largest absolute Gasteiger partial charge is 0.361 e. The van der Waals surface area contributed by atoms with Gasteiger partial charge in [-0.25, -0.2) is 9.97 Å². The Labute approximate surface area is 189 Å². The van der Waals surface area contributed by atoms with E-state index in [1.807, 2.05) is 18.5 Å². The maximum Gasteiger partial charge on any atom is 0.223 e. The van der Waals surface area contributed by atoms with E-state index in [4.69, 9.17) is 4.98 Å². The second-order valence-corrected chi connectivity index (χ2v) is 8.57. The average molecular weight is 427 g/mol. The first kappa shape index (κ1) is 20.7. The fourth-order valence-electron chi connectivity index (χ4n) is 4.36. The van der Waals surface area contributed by atoms with Gasteiger partial charge in [-0.3, -0.25) is 4.90 Å². The third-order valence-corrected chi connectivity index (χ3v) is 6.22. The average Bonchev–Trinajstić information content (AvgIpc) is 3.29. The quantitative estimate of drug-likeness (QED) is 0.416. The van der Waals surface area contributed by atoms with Crippen LogP contribution in [-0.2, 0) is 13.0 Å². The van der Waals surface area contributed by atoms with Gasteiger partial charge in [-0.15, -0.1) is 0 Å². The van der Waals surface area contributed by atoms with Crippen LogP contribution >= 0.6 is 0 Å². The Balaban J connectivity index is 1.23. The van der Waals surface area contributed by atoms with Gasteiger partial charge in [0.15, 0.2) is 0 Å². The number of rotatable bonds is 7. The molecular weight excluding hydrogens is 396 g/mol. The van der Waals surface area contributed by atoms with Gasteiger partial charge in [0.25, 0.3) is 0 Å². The smallest absolute Gasteiger partial charge is 0.223 e. The Bertz CT molecular complexity index is 1180. The highest BCUT2D eigenvalue weighted by atomic mass is 15.2. The second-order valence-electron chi connectivity index (χ2n) is 8.57. The van der Waals surface area contributed by atoms with Crippen molar-refractivity contribution in [1.29, 1.82) is 0 Å². The minimum atomic E-state index is 0.556. The molecule has 3 heterocycles. The second kappa shape index (κ2) is 9.51. The molecule has 5 rings (SSSR count). The van der Waals surface area contributed by atoms with Crippen molar-refractivity contribution in [2.24, 2.45) is 0 Å². The lowest BCUT2D eigenvalue weighted by Crippen LogP contribution is -2.49. The summed E-state index contributed by atoms with van der Waals surface area (Å²) in [7, 11) is 0. The molecular formula is C26H30N6. The summed E-state index contributed by atoms with van der Waals surface area (Å²) >= 11 is 0. The zero-order chi connectivity index (χ0) is 21.8. The fourth-order valence-corrected chi connectivity index (χ4v) is 4.36. The Morgan fingerprint density at radius 1 is 1.09 bits per heavy atom. The van der Waals surface area contributed by atoms with E-state index in [0.29, 0.717) is 12.0 Å². The summed E-state index contributed by atoms with van der Waals surface area (Å²) in [6.07, 6.45) is 4.74. The van der Waals surface area contributed by atoms with Gasteiger partial charge >= 0.3 is 0 Å². The highest BCUT2D eigenvalue weighted by molar-refractivity contribution is 5.79. The summed E-state index contributed by atoms with van der Waals surface area (Å²) in [5, 5.41) is 8.09. The molecule has 0 aliphatic carbocycles. The lowest BCUT2D eigenvalue weighted by molar-refractivity contribution is 0.165. The van der Waals surface area contributed by atoms with E-state index in [1.165, 1.54) is 22.0 Å². The number of hydrogen-bond donors (Lipinski definition) is 3. The van der Waals surface area contributed by atoms with Crippen LogP contribution in [0.25, 0.3) is 22.2 Å². The molecule has 1 aliphatic rings. The van der Waals surface area contributed by atoms with Crippen LogP contribution in [0.15, 0.2) is 67.0 Å². The van der Waals surface area contributed by atoms with Gasteiger partial charge in [0.05, 0.1) is 5.69 Å². The monoisotopic (exact) mass is 426 g/mol. The zero-order valence-corrected chi connectivity index (χ0v) is 18.5. The third-order valence-electron chi connectivity index (χ3n) is 6.22. The van der Waals surface area contributed by atoms with E-state index in [1.54, 1.807) is 0 Å². The van der Waals surface area contributed by atoms with Crippen LogP contribution in [-0.4, -0.2) is 52.1 Å². The molecule has 1 unspecified atom stereocenters. The van der Waals surface area contributed by atoms with E-state index in [9.17, 15) is 0 Å². The Morgan fingerprint density at radius 2 is 2.06 bits per heavy atom. The van der Waals surface area contributed by atoms with Gasteiger partial charge in [-0.05, 0) is 60.2 Å². The summed E-state index contributed by atoms with van der Waals surface area (Å²) in [4.78, 5) is 15.0. The lowest BCUT2D eigenvalue weighted by Gasteiger charge is -2.33. The number of nitrogens with one attached hydrogen (secondary N) is 3. The van der Waals surface area contributed by atoms with Gasteiger partial charge < -0.3 is 15.6 Å². The molecule has 1 fully saturated rings. The Kier molecular flexibility index (Phi) is 6.14. The molecule has 2 aromatic heterocycles. The van der Waals surface area contributed by atoms with Crippen molar-refractivity contribution in [3.8, 4) is 11.3 Å². The Morgan fingerprint density at radius 3 is 3.00 bits per heavy atom. The minimum Gasteiger partial charge on any atom is -0.361 e. The molecule has 0 amide bonds. The molecule has 3 N–H and O–H groups in total. The topological polar surface area (TPSA) is 68.9 Å². The number of H-pyrrole nitrogens is 1. The number of benzene rings is 2. The van der Waals surface area contributed by atoms with E-state index in [2.05, 4.69) is 81.0 Å². The first-order valence-corrected chi connectivity index (χ1v) is 11.4. The molecule has 0 spiro atoms. The van der Waals surface area contributed by atoms with Crippen LogP contribution < -0.4 is 10.6 Å². The van der Waals surface area contributed by atoms with Gasteiger partial charge in [-0.2, -0.15) is 0 Å². The summed E-state index contributed by atoms with van der Waals surface area (Å²) in [5.41, 5.74) is 5.88. The lowest BCUT2D eigenvalue weighted by atomic mass is 10.1. The van der Waals surface area contributed by atoms with Crippen molar-refractivity contribution in [3.05, 3.63) is 78.1 Å². The number of hydrogen-bond acceptors (Lipinski definition) is 5. The summed E-state index contributed by atoms with van der Waals surface area (Å²) in [5.74, 6) is 0.673. The highest BCUT2D eigenvalue weighted by Gasteiger charge is 2.18. The van der Waals surface area contributed by atoms with Crippen molar-refractivity contribution >= 4 is 16.9 Å². The van der Waals surface area contributed by atoms with Gasteiger partial charge in [-0.1, -0.05) is 24.3 Å². The van der Waals surface area contributed by atoms with Crippen LogP contribution in [0.4, 0.5) is 5.95 Å². The van der Waals surface area contributed by atoms with Crippen LogP contribution in [0.3, 0.4) is 0 Å². The van der Waals surface area contributed by atoms with Crippen molar-refractivity contribution in [2.75, 3.05) is 31.5 Å². The number of anilines is 1. The maximum absolute atomic E-state index is 4.77. The van der Waals surface area contributed by atoms with Crippen molar-refractivity contribution < 1.29 is 0 Å². The predicted octanol–water partition coefficient (Wildman–Crippen LogP) is 4.07. The molecule has 0 saturated carbocycles. The normalized spacial score (nSPS) is 17.0. The molecule has 0 bridgehead atoms. The molecule has 1 atom stereocenters. The minimum absolute atomic E-state index is 0.556. The number of nitrogens with zero attached hydrogens (tertiary/aromatic N) is 3. The van der Waals surface area contributed by atoms with Crippen LogP contribution in [0.1, 0.15) is 18.1 Å². The Hall–Kier alpha value is -3.22. The maximum atomic E-state index is 4.77. The summed E-state index contributed by atoms with van der Waals surface area (Å²) in [6, 6.07) is 19.9. The first-order valence-electron chi connectivity index (χ1n) is 11.4. The first-order chi connectivity index (χ1) is 15.7. The van der Waals surface area contributed by atoms with E-state index >= 15 is 0 Å². The van der Waals surface area contributed by atoms with E-state index < -0.39 is 0 Å². The van der Waals surface area contributed by atoms with Crippen LogP contribution in [0.5, 0.6) is 0 Å². The number of aromatic nitrogens is 3. The third kappa shape index (κ3) is 4.82. The molecule has 6 heteroatoms. The predicted molar refractivity (Wildman–Crippen MR) is 131 cm³/mol. The molecule has 4 aromatic rings. The summed E-state index contributed by atoms with van der Waals surface area (Å²) in [6.45, 7) is 7.25. The van der Waals surface area contributed by atoms with Gasteiger partial charge in [0, 0.05) is 62.2 Å². The van der Waals surface area contributed by atoms with Gasteiger partial charge in [0.2, 0.25) is 5.95 Å². The number of piperazine rings is 1. The number of fused-ring (bicyclic) bond motifs is 1. The molecule has 164 valence electrons. The van der Waals surface area contributed by atoms with Crippen LogP contribution in [0.2, 0.25) is 0 Å². The van der Waals surface area contributed by atoms with Crippen molar-refractivity contribution in [2.45, 2.75) is 25.9 Å². The molecule has 1 aliphatic heterocycles. The van der Waals surface area contributed by atoms with Crippen molar-refractivity contribution in [3.63, 3.8) is 0 Å².